The van der Waals surface area contributed by atoms with Crippen molar-refractivity contribution in [3.63, 3.8) is 0 Å². The van der Waals surface area contributed by atoms with Gasteiger partial charge in [-0.2, -0.15) is 0 Å². The number of hydrogen-bond acceptors (Lipinski definition) is 4. The van der Waals surface area contributed by atoms with E-state index in [1.165, 1.54) is 0 Å². The standard InChI is InChI=1S/C23H26N2O4/c1-2-29-22(28)23(21(27)24-15-18-9-5-3-6-10-18)14-13-20(26)25(17-23)16-19-11-7-4-8-12-19/h3-12H,2,13-17H2,1H3,(H,24,27). The van der Waals surface area contributed by atoms with Gasteiger partial charge in [0.2, 0.25) is 11.8 Å². The highest BCUT2D eigenvalue weighted by atomic mass is 16.5. The lowest BCUT2D eigenvalue weighted by molar-refractivity contribution is -0.167. The number of esters is 1. The summed E-state index contributed by atoms with van der Waals surface area (Å²) in [5.41, 5.74) is 0.492. The summed E-state index contributed by atoms with van der Waals surface area (Å²) in [4.78, 5) is 40.1. The van der Waals surface area contributed by atoms with Crippen molar-refractivity contribution in [3.8, 4) is 0 Å². The van der Waals surface area contributed by atoms with Gasteiger partial charge in [0.05, 0.1) is 6.61 Å². The van der Waals surface area contributed by atoms with Gasteiger partial charge in [-0.1, -0.05) is 60.7 Å². The van der Waals surface area contributed by atoms with Crippen molar-refractivity contribution in [2.45, 2.75) is 32.9 Å². The van der Waals surface area contributed by atoms with Gasteiger partial charge in [-0.25, -0.2) is 0 Å². The van der Waals surface area contributed by atoms with Gasteiger partial charge in [-0.3, -0.25) is 14.4 Å². The Morgan fingerprint density at radius 3 is 2.28 bits per heavy atom. The molecular weight excluding hydrogens is 368 g/mol. The van der Waals surface area contributed by atoms with Crippen LogP contribution in [-0.4, -0.2) is 35.8 Å². The summed E-state index contributed by atoms with van der Waals surface area (Å²) in [5, 5.41) is 2.87. The molecule has 1 heterocycles. The van der Waals surface area contributed by atoms with E-state index < -0.39 is 17.3 Å². The van der Waals surface area contributed by atoms with Crippen molar-refractivity contribution >= 4 is 17.8 Å². The first-order valence-corrected chi connectivity index (χ1v) is 9.86. The van der Waals surface area contributed by atoms with Crippen LogP contribution >= 0.6 is 0 Å². The summed E-state index contributed by atoms with van der Waals surface area (Å²) in [7, 11) is 0. The molecule has 1 unspecified atom stereocenters. The molecule has 0 radical (unpaired) electrons. The van der Waals surface area contributed by atoms with E-state index >= 15 is 0 Å². The first-order valence-electron chi connectivity index (χ1n) is 9.86. The maximum atomic E-state index is 13.2. The Morgan fingerprint density at radius 2 is 1.66 bits per heavy atom. The molecule has 2 aromatic carbocycles. The van der Waals surface area contributed by atoms with Gasteiger partial charge >= 0.3 is 5.97 Å². The van der Waals surface area contributed by atoms with Crippen LogP contribution in [0.1, 0.15) is 30.9 Å². The van der Waals surface area contributed by atoms with Crippen LogP contribution in [0.2, 0.25) is 0 Å². The van der Waals surface area contributed by atoms with E-state index in [4.69, 9.17) is 4.74 Å². The molecule has 152 valence electrons. The zero-order valence-corrected chi connectivity index (χ0v) is 16.6. The molecule has 6 heteroatoms. The lowest BCUT2D eigenvalue weighted by Gasteiger charge is -2.39. The summed E-state index contributed by atoms with van der Waals surface area (Å²) in [5.74, 6) is -1.04. The van der Waals surface area contributed by atoms with E-state index in [0.29, 0.717) is 13.1 Å². The minimum Gasteiger partial charge on any atom is -0.465 e. The zero-order valence-electron chi connectivity index (χ0n) is 16.6. The topological polar surface area (TPSA) is 75.7 Å². The van der Waals surface area contributed by atoms with Crippen LogP contribution in [0.3, 0.4) is 0 Å². The van der Waals surface area contributed by atoms with Crippen molar-refractivity contribution in [3.05, 3.63) is 71.8 Å². The molecular formula is C23H26N2O4. The molecule has 1 fully saturated rings. The van der Waals surface area contributed by atoms with Crippen LogP contribution in [0.5, 0.6) is 0 Å². The van der Waals surface area contributed by atoms with E-state index in [0.717, 1.165) is 11.1 Å². The molecule has 0 aromatic heterocycles. The summed E-state index contributed by atoms with van der Waals surface area (Å²) < 4.78 is 5.25. The van der Waals surface area contributed by atoms with Crippen LogP contribution in [0.4, 0.5) is 0 Å². The molecule has 0 spiro atoms. The van der Waals surface area contributed by atoms with Crippen molar-refractivity contribution in [2.24, 2.45) is 5.41 Å². The van der Waals surface area contributed by atoms with Gasteiger partial charge in [-0.05, 0) is 24.5 Å². The fourth-order valence-corrected chi connectivity index (χ4v) is 3.58. The summed E-state index contributed by atoms with van der Waals surface area (Å²) in [6.45, 7) is 2.57. The molecule has 3 rings (SSSR count). The lowest BCUT2D eigenvalue weighted by atomic mass is 9.78. The van der Waals surface area contributed by atoms with Crippen LogP contribution in [0, 0.1) is 5.41 Å². The molecule has 1 saturated heterocycles. The maximum Gasteiger partial charge on any atom is 0.323 e. The minimum atomic E-state index is -1.40. The first kappa shape index (κ1) is 20.6. The summed E-state index contributed by atoms with van der Waals surface area (Å²) in [6, 6.07) is 19.0. The number of nitrogens with one attached hydrogen (secondary N) is 1. The first-order chi connectivity index (χ1) is 14.0. The van der Waals surface area contributed by atoms with Crippen molar-refractivity contribution in [1.82, 2.24) is 10.2 Å². The number of hydrogen-bond donors (Lipinski definition) is 1. The van der Waals surface area contributed by atoms with Gasteiger partial charge in [0.25, 0.3) is 0 Å². The fourth-order valence-electron chi connectivity index (χ4n) is 3.58. The Bertz CT molecular complexity index is 854. The molecule has 0 bridgehead atoms. The molecule has 1 atom stereocenters. The number of piperidine rings is 1. The number of likely N-dealkylation sites (tertiary alicyclic amines) is 1. The lowest BCUT2D eigenvalue weighted by Crippen LogP contribution is -2.57. The number of carbonyl (C=O) groups excluding carboxylic acids is 3. The quantitative estimate of drug-likeness (QED) is 0.579. The molecule has 2 amide bonds. The summed E-state index contributed by atoms with van der Waals surface area (Å²) in [6.07, 6.45) is 0.279. The predicted octanol–water partition coefficient (Wildman–Crippen LogP) is 2.67. The number of amides is 2. The largest absolute Gasteiger partial charge is 0.465 e. The Balaban J connectivity index is 1.80. The van der Waals surface area contributed by atoms with Gasteiger partial charge in [0.15, 0.2) is 5.41 Å². The number of benzene rings is 2. The van der Waals surface area contributed by atoms with Crippen molar-refractivity contribution in [2.75, 3.05) is 13.2 Å². The third-order valence-corrected chi connectivity index (χ3v) is 5.19. The smallest absolute Gasteiger partial charge is 0.323 e. The van der Waals surface area contributed by atoms with Gasteiger partial charge in [0, 0.05) is 26.1 Å². The van der Waals surface area contributed by atoms with E-state index in [1.807, 2.05) is 60.7 Å². The molecule has 2 aromatic rings. The van der Waals surface area contributed by atoms with Crippen LogP contribution < -0.4 is 5.32 Å². The highest BCUT2D eigenvalue weighted by molar-refractivity contribution is 6.04. The average molecular weight is 394 g/mol. The second-order valence-corrected chi connectivity index (χ2v) is 7.21. The maximum absolute atomic E-state index is 13.2. The van der Waals surface area contributed by atoms with Crippen LogP contribution in [0.25, 0.3) is 0 Å². The van der Waals surface area contributed by atoms with Crippen molar-refractivity contribution in [1.29, 1.82) is 0 Å². The normalized spacial score (nSPS) is 18.9. The second-order valence-electron chi connectivity index (χ2n) is 7.21. The van der Waals surface area contributed by atoms with Gasteiger partial charge in [0.1, 0.15) is 0 Å². The minimum absolute atomic E-state index is 0.0141. The summed E-state index contributed by atoms with van der Waals surface area (Å²) >= 11 is 0. The zero-order chi connectivity index (χ0) is 20.7. The molecule has 6 nitrogen and oxygen atoms in total. The Hall–Kier alpha value is -3.15. The highest BCUT2D eigenvalue weighted by Crippen LogP contribution is 2.33. The molecule has 29 heavy (non-hydrogen) atoms. The van der Waals surface area contributed by atoms with Crippen LogP contribution in [-0.2, 0) is 32.2 Å². The van der Waals surface area contributed by atoms with E-state index in [2.05, 4.69) is 5.32 Å². The number of nitrogens with zero attached hydrogens (tertiary/aromatic N) is 1. The van der Waals surface area contributed by atoms with Gasteiger partial charge in [-0.15, -0.1) is 0 Å². The van der Waals surface area contributed by atoms with Crippen molar-refractivity contribution < 1.29 is 19.1 Å². The highest BCUT2D eigenvalue weighted by Gasteiger charge is 2.51. The van der Waals surface area contributed by atoms with E-state index in [1.54, 1.807) is 11.8 Å². The monoisotopic (exact) mass is 394 g/mol. The second kappa shape index (κ2) is 9.37. The Labute approximate surface area is 170 Å². The van der Waals surface area contributed by atoms with E-state index in [9.17, 15) is 14.4 Å². The van der Waals surface area contributed by atoms with Crippen LogP contribution in [0.15, 0.2) is 60.7 Å². The third kappa shape index (κ3) is 4.83. The Kier molecular flexibility index (Phi) is 6.65. The van der Waals surface area contributed by atoms with E-state index in [-0.39, 0.29) is 31.9 Å². The SMILES string of the molecule is CCOC(=O)C1(C(=O)NCc2ccccc2)CCC(=O)N(Cc2ccccc2)C1. The average Bonchev–Trinajstić information content (AvgIpc) is 2.75. The molecule has 1 N–H and O–H groups in total. The van der Waals surface area contributed by atoms with Gasteiger partial charge < -0.3 is 15.0 Å². The molecule has 0 aliphatic carbocycles. The predicted molar refractivity (Wildman–Crippen MR) is 108 cm³/mol. The molecule has 0 saturated carbocycles. The Morgan fingerprint density at radius 1 is 1.03 bits per heavy atom. The number of ether oxygens (including phenoxy) is 1. The number of rotatable bonds is 7. The molecule has 1 aliphatic heterocycles. The fraction of sp³-hybridized carbons (Fsp3) is 0.348. The third-order valence-electron chi connectivity index (χ3n) is 5.19. The number of carbonyl (C=O) groups is 3. The molecule has 1 aliphatic rings.